The fourth-order valence-electron chi connectivity index (χ4n) is 3.19. The minimum absolute atomic E-state index is 0.1000. The Bertz CT molecular complexity index is 1020. The predicted octanol–water partition coefficient (Wildman–Crippen LogP) is 4.34. The van der Waals surface area contributed by atoms with E-state index in [0.717, 1.165) is 29.8 Å². The van der Waals surface area contributed by atoms with E-state index in [4.69, 9.17) is 4.74 Å². The van der Waals surface area contributed by atoms with E-state index < -0.39 is 5.82 Å². The summed E-state index contributed by atoms with van der Waals surface area (Å²) in [6.45, 7) is 0.279. The van der Waals surface area contributed by atoms with Crippen LogP contribution in [0.2, 0.25) is 0 Å². The maximum Gasteiger partial charge on any atom is 0.319 e. The van der Waals surface area contributed by atoms with Crippen molar-refractivity contribution in [2.24, 2.45) is 7.05 Å². The first-order valence-corrected chi connectivity index (χ1v) is 9.54. The van der Waals surface area contributed by atoms with Crippen LogP contribution in [0.5, 0.6) is 11.6 Å². The second-order valence-corrected chi connectivity index (χ2v) is 7.07. The number of nitrogens with zero attached hydrogens (tertiary/aromatic N) is 3. The highest BCUT2D eigenvalue weighted by Crippen LogP contribution is 2.38. The molecule has 0 bridgehead atoms. The number of carbonyl (C=O) groups excluding carboxylic acids is 1. The van der Waals surface area contributed by atoms with Crippen molar-refractivity contribution >= 4 is 11.7 Å². The number of nitrogens with one attached hydrogen (secondary N) is 2. The van der Waals surface area contributed by atoms with Crippen molar-refractivity contribution in [3.63, 3.8) is 0 Å². The summed E-state index contributed by atoms with van der Waals surface area (Å²) < 4.78 is 20.9. The number of anilines is 1. The molecule has 1 fully saturated rings. The molecule has 4 rings (SSSR count). The van der Waals surface area contributed by atoms with E-state index in [0.29, 0.717) is 5.92 Å². The molecule has 8 heteroatoms. The number of hydrogen-bond donors (Lipinski definition) is 2. The van der Waals surface area contributed by atoms with Gasteiger partial charge in [-0.3, -0.25) is 4.68 Å². The van der Waals surface area contributed by atoms with Crippen molar-refractivity contribution in [3.05, 3.63) is 65.9 Å². The highest BCUT2D eigenvalue weighted by molar-refractivity contribution is 5.89. The zero-order chi connectivity index (χ0) is 20.2. The fourth-order valence-corrected chi connectivity index (χ4v) is 3.19. The predicted molar refractivity (Wildman–Crippen MR) is 106 cm³/mol. The SMILES string of the molecule is Cn1cc(NC(=O)NCc2ccnc(Oc3ccccc3F)c2)c(C2CCC2)n1. The van der Waals surface area contributed by atoms with Crippen molar-refractivity contribution in [2.75, 3.05) is 5.32 Å². The van der Waals surface area contributed by atoms with E-state index in [-0.39, 0.29) is 24.2 Å². The first kappa shape index (κ1) is 18.9. The van der Waals surface area contributed by atoms with Crippen LogP contribution in [0, 0.1) is 5.82 Å². The zero-order valence-corrected chi connectivity index (χ0v) is 16.1. The number of hydrogen-bond acceptors (Lipinski definition) is 4. The minimum Gasteiger partial charge on any atom is -0.436 e. The molecule has 1 aliphatic rings. The van der Waals surface area contributed by atoms with E-state index in [9.17, 15) is 9.18 Å². The third kappa shape index (κ3) is 4.53. The number of halogens is 1. The Labute approximate surface area is 167 Å². The van der Waals surface area contributed by atoms with Gasteiger partial charge in [0.15, 0.2) is 11.6 Å². The van der Waals surface area contributed by atoms with Crippen molar-refractivity contribution in [1.82, 2.24) is 20.1 Å². The van der Waals surface area contributed by atoms with E-state index in [1.165, 1.54) is 18.6 Å². The summed E-state index contributed by atoms with van der Waals surface area (Å²) in [5, 5.41) is 10.2. The van der Waals surface area contributed by atoms with Crippen LogP contribution in [-0.4, -0.2) is 20.8 Å². The van der Waals surface area contributed by atoms with Crippen LogP contribution < -0.4 is 15.4 Å². The quantitative estimate of drug-likeness (QED) is 0.651. The Balaban J connectivity index is 1.36. The number of rotatable bonds is 6. The van der Waals surface area contributed by atoms with Crippen molar-refractivity contribution in [3.8, 4) is 11.6 Å². The molecular formula is C21H22FN5O2. The lowest BCUT2D eigenvalue weighted by molar-refractivity contribution is 0.251. The van der Waals surface area contributed by atoms with Gasteiger partial charge in [-0.15, -0.1) is 0 Å². The smallest absolute Gasteiger partial charge is 0.319 e. The first-order chi connectivity index (χ1) is 14.1. The summed E-state index contributed by atoms with van der Waals surface area (Å²) >= 11 is 0. The summed E-state index contributed by atoms with van der Waals surface area (Å²) in [7, 11) is 1.85. The van der Waals surface area contributed by atoms with Gasteiger partial charge in [0.1, 0.15) is 0 Å². The van der Waals surface area contributed by atoms with Gasteiger partial charge in [-0.05, 0) is 36.6 Å². The van der Waals surface area contributed by atoms with Gasteiger partial charge < -0.3 is 15.4 Å². The molecule has 7 nitrogen and oxygen atoms in total. The molecule has 0 unspecified atom stereocenters. The Morgan fingerprint density at radius 1 is 1.31 bits per heavy atom. The van der Waals surface area contributed by atoms with Gasteiger partial charge in [-0.25, -0.2) is 14.2 Å². The number of aromatic nitrogens is 3. The van der Waals surface area contributed by atoms with Gasteiger partial charge in [0.2, 0.25) is 5.88 Å². The van der Waals surface area contributed by atoms with E-state index >= 15 is 0 Å². The second kappa shape index (κ2) is 8.30. The van der Waals surface area contributed by atoms with Gasteiger partial charge in [-0.1, -0.05) is 18.6 Å². The van der Waals surface area contributed by atoms with Crippen LogP contribution in [0.25, 0.3) is 0 Å². The molecule has 0 spiro atoms. The fraction of sp³-hybridized carbons (Fsp3) is 0.286. The Morgan fingerprint density at radius 2 is 2.14 bits per heavy atom. The van der Waals surface area contributed by atoms with Crippen LogP contribution in [0.15, 0.2) is 48.8 Å². The molecule has 3 aromatic rings. The first-order valence-electron chi connectivity index (χ1n) is 9.54. The Kier molecular flexibility index (Phi) is 5.41. The molecule has 1 saturated carbocycles. The zero-order valence-electron chi connectivity index (χ0n) is 16.1. The molecule has 0 aliphatic heterocycles. The van der Waals surface area contributed by atoms with Gasteiger partial charge in [0.05, 0.1) is 11.4 Å². The molecule has 1 aromatic carbocycles. The summed E-state index contributed by atoms with van der Waals surface area (Å²) in [5.74, 6) is 0.318. The highest BCUT2D eigenvalue weighted by Gasteiger charge is 2.25. The van der Waals surface area contributed by atoms with Crippen molar-refractivity contribution < 1.29 is 13.9 Å². The van der Waals surface area contributed by atoms with E-state index in [1.54, 1.807) is 35.1 Å². The number of carbonyl (C=O) groups is 1. The lowest BCUT2D eigenvalue weighted by Gasteiger charge is -2.24. The van der Waals surface area contributed by atoms with E-state index in [1.807, 2.05) is 13.2 Å². The number of para-hydroxylation sites is 1. The minimum atomic E-state index is -0.462. The van der Waals surface area contributed by atoms with Crippen LogP contribution in [0.3, 0.4) is 0 Å². The molecule has 29 heavy (non-hydrogen) atoms. The average Bonchev–Trinajstić information content (AvgIpc) is 3.00. The van der Waals surface area contributed by atoms with Gasteiger partial charge in [0.25, 0.3) is 0 Å². The largest absolute Gasteiger partial charge is 0.436 e. The summed E-state index contributed by atoms with van der Waals surface area (Å²) in [6, 6.07) is 9.24. The molecule has 2 N–H and O–H groups in total. The molecule has 2 aromatic heterocycles. The summed E-state index contributed by atoms with van der Waals surface area (Å²) in [4.78, 5) is 16.4. The van der Waals surface area contributed by atoms with Crippen molar-refractivity contribution in [2.45, 2.75) is 31.7 Å². The number of ether oxygens (including phenoxy) is 1. The molecule has 2 amide bonds. The molecule has 1 aliphatic carbocycles. The third-order valence-electron chi connectivity index (χ3n) is 4.90. The average molecular weight is 395 g/mol. The lowest BCUT2D eigenvalue weighted by Crippen LogP contribution is -2.28. The molecule has 2 heterocycles. The molecular weight excluding hydrogens is 373 g/mol. The monoisotopic (exact) mass is 395 g/mol. The van der Waals surface area contributed by atoms with Gasteiger partial charge in [-0.2, -0.15) is 5.10 Å². The molecule has 150 valence electrons. The summed E-state index contributed by atoms with van der Waals surface area (Å²) in [5.41, 5.74) is 2.47. The Hall–Kier alpha value is -3.42. The highest BCUT2D eigenvalue weighted by atomic mass is 19.1. The molecule has 0 saturated heterocycles. The molecule has 0 radical (unpaired) electrons. The van der Waals surface area contributed by atoms with Crippen LogP contribution in [0.4, 0.5) is 14.9 Å². The number of pyridine rings is 1. The normalized spacial score (nSPS) is 13.6. The maximum atomic E-state index is 13.7. The molecule has 0 atom stereocenters. The second-order valence-electron chi connectivity index (χ2n) is 7.07. The summed E-state index contributed by atoms with van der Waals surface area (Å²) in [6.07, 6.45) is 6.79. The van der Waals surface area contributed by atoms with Gasteiger partial charge in [0, 0.05) is 38.0 Å². The maximum absolute atomic E-state index is 13.7. The third-order valence-corrected chi connectivity index (χ3v) is 4.90. The number of amides is 2. The number of aryl methyl sites for hydroxylation is 1. The Morgan fingerprint density at radius 3 is 2.90 bits per heavy atom. The number of benzene rings is 1. The topological polar surface area (TPSA) is 81.1 Å². The van der Waals surface area contributed by atoms with Gasteiger partial charge >= 0.3 is 6.03 Å². The van der Waals surface area contributed by atoms with Crippen LogP contribution in [0.1, 0.15) is 36.4 Å². The van der Waals surface area contributed by atoms with Crippen LogP contribution >= 0.6 is 0 Å². The number of urea groups is 1. The standard InChI is InChI=1S/C21H22FN5O2/c1-27-13-17(20(26-27)15-5-4-6-15)25-21(28)24-12-14-9-10-23-19(11-14)29-18-8-3-2-7-16(18)22/h2-3,7-11,13,15H,4-6,12H2,1H3,(H2,24,25,28). The van der Waals surface area contributed by atoms with E-state index in [2.05, 4.69) is 20.7 Å². The van der Waals surface area contributed by atoms with Crippen molar-refractivity contribution in [1.29, 1.82) is 0 Å². The van der Waals surface area contributed by atoms with Crippen LogP contribution in [-0.2, 0) is 13.6 Å². The lowest BCUT2D eigenvalue weighted by atomic mass is 9.82.